The molecule has 0 saturated carbocycles. The van der Waals surface area contributed by atoms with Crippen LogP contribution in [0.15, 0.2) is 12.2 Å². The quantitative estimate of drug-likeness (QED) is 0.0320. The normalized spacial score (nSPS) is 12.5. The van der Waals surface area contributed by atoms with Crippen LogP contribution < -0.4 is 5.32 Å². The second kappa shape index (κ2) is 76.1. The van der Waals surface area contributed by atoms with Crippen molar-refractivity contribution in [2.45, 2.75) is 475 Å². The Morgan fingerprint density at radius 3 is 0.826 bits per heavy atom. The zero-order valence-corrected chi connectivity index (χ0v) is 58.8. The van der Waals surface area contributed by atoms with Crippen molar-refractivity contribution >= 4 is 11.9 Å². The molecular weight excluding hydrogens is 1050 g/mol. The fraction of sp³-hybridized carbons (Fsp3) is 0.950. The molecular formula is C80H157NO5. The molecule has 86 heavy (non-hydrogen) atoms. The summed E-state index contributed by atoms with van der Waals surface area (Å²) in [7, 11) is 0. The molecule has 0 aliphatic heterocycles. The predicted octanol–water partition coefficient (Wildman–Crippen LogP) is 26.3. The molecule has 0 radical (unpaired) electrons. The zero-order chi connectivity index (χ0) is 62.0. The molecule has 0 heterocycles. The summed E-state index contributed by atoms with van der Waals surface area (Å²) in [5.41, 5.74) is 0. The number of esters is 1. The van der Waals surface area contributed by atoms with Gasteiger partial charge in [-0.25, -0.2) is 0 Å². The maximum Gasteiger partial charge on any atom is 0.305 e. The van der Waals surface area contributed by atoms with Gasteiger partial charge in [-0.2, -0.15) is 0 Å². The van der Waals surface area contributed by atoms with Crippen LogP contribution in [0.1, 0.15) is 463 Å². The van der Waals surface area contributed by atoms with Crippen LogP contribution in [0.3, 0.4) is 0 Å². The van der Waals surface area contributed by atoms with Crippen LogP contribution in [0.2, 0.25) is 0 Å². The van der Waals surface area contributed by atoms with Gasteiger partial charge in [-0.1, -0.05) is 411 Å². The van der Waals surface area contributed by atoms with E-state index in [-0.39, 0.29) is 18.5 Å². The summed E-state index contributed by atoms with van der Waals surface area (Å²) in [5, 5.41) is 23.3. The molecule has 3 N–H and O–H groups in total. The van der Waals surface area contributed by atoms with Gasteiger partial charge in [0.15, 0.2) is 0 Å². The standard InChI is InChI=1S/C80H157NO5/c1-3-5-7-9-11-13-15-17-19-20-43-46-50-54-58-62-66-70-74-80(85)86-75-71-67-63-59-55-51-47-44-41-39-37-35-33-31-29-27-25-23-21-22-24-26-28-30-32-34-36-38-40-42-45-49-53-57-61-65-69-73-79(84)81-77(76-82)78(83)72-68-64-60-56-52-48-18-16-14-12-10-8-6-4-2/h21,23,77-78,82-83H,3-20,22,24-76H2,1-2H3,(H,81,84)/b23-21-. The summed E-state index contributed by atoms with van der Waals surface area (Å²) in [6, 6.07) is -0.537. The van der Waals surface area contributed by atoms with Crippen LogP contribution in [-0.2, 0) is 14.3 Å². The van der Waals surface area contributed by atoms with Gasteiger partial charge in [0.2, 0.25) is 5.91 Å². The third-order valence-electron chi connectivity index (χ3n) is 19.1. The highest BCUT2D eigenvalue weighted by molar-refractivity contribution is 5.76. The lowest BCUT2D eigenvalue weighted by atomic mass is 10.0. The molecule has 6 heteroatoms. The molecule has 0 aromatic carbocycles. The highest BCUT2D eigenvalue weighted by Gasteiger charge is 2.20. The fourth-order valence-electron chi connectivity index (χ4n) is 13.0. The zero-order valence-electron chi connectivity index (χ0n) is 58.8. The second-order valence-corrected chi connectivity index (χ2v) is 27.8. The molecule has 0 fully saturated rings. The topological polar surface area (TPSA) is 95.9 Å². The van der Waals surface area contributed by atoms with Crippen molar-refractivity contribution < 1.29 is 24.5 Å². The Kier molecular flexibility index (Phi) is 74.8. The Morgan fingerprint density at radius 2 is 0.547 bits per heavy atom. The van der Waals surface area contributed by atoms with Crippen molar-refractivity contribution in [2.75, 3.05) is 13.2 Å². The summed E-state index contributed by atoms with van der Waals surface area (Å²) < 4.78 is 5.52. The highest BCUT2D eigenvalue weighted by atomic mass is 16.5. The molecule has 0 aliphatic carbocycles. The van der Waals surface area contributed by atoms with Gasteiger partial charge >= 0.3 is 5.97 Å². The van der Waals surface area contributed by atoms with Crippen molar-refractivity contribution in [2.24, 2.45) is 0 Å². The minimum atomic E-state index is -0.660. The van der Waals surface area contributed by atoms with Crippen molar-refractivity contribution in [1.82, 2.24) is 5.32 Å². The molecule has 0 rings (SSSR count). The third kappa shape index (κ3) is 71.7. The molecule has 0 aliphatic rings. The molecule has 6 nitrogen and oxygen atoms in total. The molecule has 512 valence electrons. The van der Waals surface area contributed by atoms with Crippen LogP contribution in [0.25, 0.3) is 0 Å². The third-order valence-corrected chi connectivity index (χ3v) is 19.1. The average Bonchev–Trinajstić information content (AvgIpc) is 3.51. The van der Waals surface area contributed by atoms with Crippen molar-refractivity contribution in [3.05, 3.63) is 12.2 Å². The number of carbonyl (C=O) groups excluding carboxylic acids is 2. The number of ether oxygens (including phenoxy) is 1. The van der Waals surface area contributed by atoms with E-state index in [1.54, 1.807) is 0 Å². The molecule has 0 bridgehead atoms. The average molecular weight is 1210 g/mol. The highest BCUT2D eigenvalue weighted by Crippen LogP contribution is 2.20. The lowest BCUT2D eigenvalue weighted by Gasteiger charge is -2.22. The van der Waals surface area contributed by atoms with E-state index in [0.717, 1.165) is 38.5 Å². The maximum atomic E-state index is 12.5. The van der Waals surface area contributed by atoms with E-state index in [4.69, 9.17) is 4.74 Å². The van der Waals surface area contributed by atoms with Crippen LogP contribution in [-0.4, -0.2) is 47.4 Å². The van der Waals surface area contributed by atoms with Crippen LogP contribution in [0.4, 0.5) is 0 Å². The van der Waals surface area contributed by atoms with Gasteiger partial charge in [-0.3, -0.25) is 9.59 Å². The van der Waals surface area contributed by atoms with E-state index in [1.807, 2.05) is 0 Å². The van der Waals surface area contributed by atoms with Crippen LogP contribution in [0, 0.1) is 0 Å². The fourth-order valence-corrected chi connectivity index (χ4v) is 13.0. The van der Waals surface area contributed by atoms with Gasteiger partial charge in [-0.05, 0) is 51.4 Å². The number of unbranched alkanes of at least 4 members (excludes halogenated alkanes) is 63. The van der Waals surface area contributed by atoms with E-state index in [1.165, 1.54) is 392 Å². The van der Waals surface area contributed by atoms with E-state index in [2.05, 4.69) is 31.3 Å². The van der Waals surface area contributed by atoms with Gasteiger partial charge in [0.1, 0.15) is 0 Å². The van der Waals surface area contributed by atoms with Crippen LogP contribution >= 0.6 is 0 Å². The van der Waals surface area contributed by atoms with Crippen molar-refractivity contribution in [1.29, 1.82) is 0 Å². The number of nitrogens with one attached hydrogen (secondary N) is 1. The molecule has 0 spiro atoms. The summed E-state index contributed by atoms with van der Waals surface area (Å²) >= 11 is 0. The van der Waals surface area contributed by atoms with Crippen molar-refractivity contribution in [3.63, 3.8) is 0 Å². The first kappa shape index (κ1) is 84.6. The van der Waals surface area contributed by atoms with Gasteiger partial charge in [0.05, 0.1) is 25.4 Å². The number of aliphatic hydroxyl groups excluding tert-OH is 2. The number of carbonyl (C=O) groups is 2. The summed E-state index contributed by atoms with van der Waals surface area (Å²) in [6.45, 7) is 5.01. The first-order valence-electron chi connectivity index (χ1n) is 39.9. The number of aliphatic hydroxyl groups is 2. The number of amides is 1. The molecule has 2 unspecified atom stereocenters. The van der Waals surface area contributed by atoms with E-state index in [9.17, 15) is 19.8 Å². The lowest BCUT2D eigenvalue weighted by Crippen LogP contribution is -2.45. The molecule has 0 saturated heterocycles. The first-order chi connectivity index (χ1) is 42.5. The molecule has 2 atom stereocenters. The van der Waals surface area contributed by atoms with Gasteiger partial charge in [0, 0.05) is 12.8 Å². The Bertz CT molecular complexity index is 1300. The SMILES string of the molecule is CCCCCCCCCCCCCCCCCCCCC(=O)OCCCCCCCCCCCCCCCCCC/C=C\CCCCCCCCCCCCCCCCCCCC(=O)NC(CO)C(O)CCCCCCCCCCCCCCCC. The Balaban J connectivity index is 3.30. The van der Waals surface area contributed by atoms with E-state index in [0.29, 0.717) is 25.9 Å². The lowest BCUT2D eigenvalue weighted by molar-refractivity contribution is -0.143. The summed E-state index contributed by atoms with van der Waals surface area (Å²) in [5.74, 6) is -0.000463. The smallest absolute Gasteiger partial charge is 0.305 e. The predicted molar refractivity (Wildman–Crippen MR) is 380 cm³/mol. The minimum Gasteiger partial charge on any atom is -0.466 e. The molecule has 1 amide bonds. The van der Waals surface area contributed by atoms with Crippen LogP contribution in [0.5, 0.6) is 0 Å². The minimum absolute atomic E-state index is 0.0271. The summed E-state index contributed by atoms with van der Waals surface area (Å²) in [6.07, 6.45) is 96.0. The largest absolute Gasteiger partial charge is 0.466 e. The van der Waals surface area contributed by atoms with Gasteiger partial charge in [0.25, 0.3) is 0 Å². The van der Waals surface area contributed by atoms with Crippen molar-refractivity contribution in [3.8, 4) is 0 Å². The maximum absolute atomic E-state index is 12.5. The van der Waals surface area contributed by atoms with Gasteiger partial charge in [-0.15, -0.1) is 0 Å². The molecule has 0 aromatic heterocycles. The monoisotopic (exact) mass is 1210 g/mol. The number of hydrogen-bond acceptors (Lipinski definition) is 5. The number of allylic oxidation sites excluding steroid dienone is 2. The molecule has 0 aromatic rings. The Hall–Kier alpha value is -1.40. The number of hydrogen-bond donors (Lipinski definition) is 3. The Morgan fingerprint density at radius 1 is 0.314 bits per heavy atom. The number of rotatable bonds is 76. The first-order valence-corrected chi connectivity index (χ1v) is 39.9. The van der Waals surface area contributed by atoms with E-state index >= 15 is 0 Å². The van der Waals surface area contributed by atoms with E-state index < -0.39 is 12.1 Å². The summed E-state index contributed by atoms with van der Waals surface area (Å²) in [4.78, 5) is 24.6. The second-order valence-electron chi connectivity index (χ2n) is 27.8. The Labute approximate surface area is 539 Å². The van der Waals surface area contributed by atoms with Gasteiger partial charge < -0.3 is 20.3 Å².